The monoisotopic (exact) mass is 181 g/mol. The highest BCUT2D eigenvalue weighted by molar-refractivity contribution is 5.92. The molecule has 0 amide bonds. The van der Waals surface area contributed by atoms with Crippen molar-refractivity contribution in [3.63, 3.8) is 0 Å². The first-order chi connectivity index (χ1) is 6.11. The Balaban J connectivity index is 2.89. The third-order valence-corrected chi connectivity index (χ3v) is 1.77. The van der Waals surface area contributed by atoms with Gasteiger partial charge in [-0.2, -0.15) is 4.52 Å². The molecule has 0 spiro atoms. The summed E-state index contributed by atoms with van der Waals surface area (Å²) in [5, 5.41) is 16.2. The number of aryl methyl sites for hydroxylation is 2. The molecule has 0 saturated heterocycles. The molecule has 68 valence electrons. The van der Waals surface area contributed by atoms with Crippen molar-refractivity contribution in [1.29, 1.82) is 0 Å². The van der Waals surface area contributed by atoms with Crippen LogP contribution in [0.2, 0.25) is 0 Å². The van der Waals surface area contributed by atoms with Crippen molar-refractivity contribution >= 4 is 11.6 Å². The Kier molecular flexibility index (Phi) is 1.35. The molecule has 0 aliphatic rings. The molecule has 7 nitrogen and oxygen atoms in total. The van der Waals surface area contributed by atoms with Gasteiger partial charge in [-0.3, -0.25) is 0 Å². The molecule has 0 unspecified atom stereocenters. The van der Waals surface area contributed by atoms with Crippen LogP contribution in [-0.4, -0.2) is 35.7 Å². The number of imidazole rings is 1. The lowest BCUT2D eigenvalue weighted by Crippen LogP contribution is -2.01. The van der Waals surface area contributed by atoms with E-state index in [4.69, 9.17) is 5.11 Å². The predicted octanol–water partition coefficient (Wildman–Crippen LogP) is -0.531. The number of fused-ring (bicyclic) bond motifs is 1. The summed E-state index contributed by atoms with van der Waals surface area (Å²) in [7, 11) is 1.62. The van der Waals surface area contributed by atoms with Crippen LogP contribution in [0.4, 0.5) is 0 Å². The average molecular weight is 181 g/mol. The van der Waals surface area contributed by atoms with Crippen molar-refractivity contribution in [3.8, 4) is 0 Å². The van der Waals surface area contributed by atoms with Crippen molar-refractivity contribution in [1.82, 2.24) is 24.6 Å². The number of rotatable bonds is 1. The summed E-state index contributed by atoms with van der Waals surface area (Å²) in [5.41, 5.74) is 0.370. The van der Waals surface area contributed by atoms with E-state index < -0.39 is 5.97 Å². The summed E-state index contributed by atoms with van der Waals surface area (Å²) in [5.74, 6) is -0.559. The van der Waals surface area contributed by atoms with Crippen molar-refractivity contribution in [2.75, 3.05) is 0 Å². The predicted molar refractivity (Wildman–Crippen MR) is 41.4 cm³/mol. The maximum Gasteiger partial charge on any atom is 0.358 e. The highest BCUT2D eigenvalue weighted by Gasteiger charge is 2.18. The average Bonchev–Trinajstić information content (AvgIpc) is 2.55. The second-order valence-electron chi connectivity index (χ2n) is 2.65. The first kappa shape index (κ1) is 7.71. The number of nitrogens with zero attached hydrogens (tertiary/aromatic N) is 5. The number of carboxylic acid groups (broad SMARTS) is 1. The van der Waals surface area contributed by atoms with E-state index >= 15 is 0 Å². The minimum Gasteiger partial charge on any atom is -0.476 e. The Labute approximate surface area is 72.6 Å². The molecule has 0 aliphatic heterocycles. The summed E-state index contributed by atoms with van der Waals surface area (Å²) >= 11 is 0. The Hall–Kier alpha value is -1.92. The zero-order valence-electron chi connectivity index (χ0n) is 7.09. The Morgan fingerprint density at radius 1 is 1.46 bits per heavy atom. The van der Waals surface area contributed by atoms with Crippen LogP contribution >= 0.6 is 0 Å². The van der Waals surface area contributed by atoms with E-state index in [0.29, 0.717) is 11.5 Å². The number of carbonyl (C=O) groups is 1. The van der Waals surface area contributed by atoms with E-state index in [9.17, 15) is 4.79 Å². The number of hydrogen-bond acceptors (Lipinski definition) is 4. The molecule has 0 bridgehead atoms. The van der Waals surface area contributed by atoms with Gasteiger partial charge in [0.05, 0.1) is 0 Å². The summed E-state index contributed by atoms with van der Waals surface area (Å²) in [6.45, 7) is 1.67. The quantitative estimate of drug-likeness (QED) is 0.639. The number of carboxylic acids is 1. The molecule has 0 radical (unpaired) electrons. The minimum atomic E-state index is -1.07. The number of aromatic nitrogens is 5. The molecule has 2 rings (SSSR count). The third kappa shape index (κ3) is 0.897. The summed E-state index contributed by atoms with van der Waals surface area (Å²) in [6.07, 6.45) is 0. The van der Waals surface area contributed by atoms with Crippen molar-refractivity contribution in [2.24, 2.45) is 7.05 Å². The van der Waals surface area contributed by atoms with Gasteiger partial charge in [0.1, 0.15) is 5.82 Å². The van der Waals surface area contributed by atoms with Crippen LogP contribution < -0.4 is 0 Å². The Bertz CT molecular complexity index is 482. The van der Waals surface area contributed by atoms with Gasteiger partial charge in [0.2, 0.25) is 0 Å². The van der Waals surface area contributed by atoms with Gasteiger partial charge in [0.25, 0.3) is 0 Å². The van der Waals surface area contributed by atoms with E-state index in [1.807, 2.05) is 0 Å². The largest absolute Gasteiger partial charge is 0.476 e. The molecule has 0 aromatic carbocycles. The first-order valence-electron chi connectivity index (χ1n) is 3.59. The summed E-state index contributed by atoms with van der Waals surface area (Å²) < 4.78 is 2.77. The van der Waals surface area contributed by atoms with E-state index in [0.717, 1.165) is 0 Å². The maximum absolute atomic E-state index is 10.7. The standard InChI is InChI=1S/C6H7N5O2/c1-3-7-4(6(12)13)5-10(2)8-9-11(3)5/h1-2H3,(H,12,13). The molecule has 7 heteroatoms. The zero-order chi connectivity index (χ0) is 9.59. The van der Waals surface area contributed by atoms with Gasteiger partial charge < -0.3 is 5.11 Å². The van der Waals surface area contributed by atoms with Crippen LogP contribution in [0.15, 0.2) is 0 Å². The number of tetrazole rings is 1. The van der Waals surface area contributed by atoms with Crippen LogP contribution in [0.1, 0.15) is 16.3 Å². The highest BCUT2D eigenvalue weighted by atomic mass is 16.4. The third-order valence-electron chi connectivity index (χ3n) is 1.77. The lowest BCUT2D eigenvalue weighted by atomic mass is 10.5. The van der Waals surface area contributed by atoms with Crippen LogP contribution in [0.3, 0.4) is 0 Å². The number of aromatic carboxylic acids is 1. The molecule has 0 fully saturated rings. The molecule has 13 heavy (non-hydrogen) atoms. The van der Waals surface area contributed by atoms with Gasteiger partial charge >= 0.3 is 5.97 Å². The zero-order valence-corrected chi connectivity index (χ0v) is 7.09. The molecule has 2 aromatic rings. The molecule has 2 aromatic heterocycles. The lowest BCUT2D eigenvalue weighted by molar-refractivity contribution is 0.0692. The van der Waals surface area contributed by atoms with Crippen LogP contribution in [0, 0.1) is 6.92 Å². The second kappa shape index (κ2) is 2.28. The fourth-order valence-corrected chi connectivity index (χ4v) is 1.20. The molecule has 1 N–H and O–H groups in total. The van der Waals surface area contributed by atoms with E-state index in [2.05, 4.69) is 15.4 Å². The van der Waals surface area contributed by atoms with Crippen LogP contribution in [0.5, 0.6) is 0 Å². The maximum atomic E-state index is 10.7. The van der Waals surface area contributed by atoms with Crippen LogP contribution in [-0.2, 0) is 7.05 Å². The van der Waals surface area contributed by atoms with Gasteiger partial charge in [0.15, 0.2) is 11.3 Å². The van der Waals surface area contributed by atoms with Gasteiger partial charge in [-0.1, -0.05) is 0 Å². The van der Waals surface area contributed by atoms with Crippen molar-refractivity contribution < 1.29 is 9.90 Å². The topological polar surface area (TPSA) is 85.3 Å². The molecular formula is C6H7N5O2. The summed E-state index contributed by atoms with van der Waals surface area (Å²) in [4.78, 5) is 14.6. The van der Waals surface area contributed by atoms with E-state index in [-0.39, 0.29) is 5.69 Å². The Morgan fingerprint density at radius 2 is 2.15 bits per heavy atom. The van der Waals surface area contributed by atoms with Crippen molar-refractivity contribution in [2.45, 2.75) is 6.92 Å². The van der Waals surface area contributed by atoms with Gasteiger partial charge in [-0.15, -0.1) is 0 Å². The van der Waals surface area contributed by atoms with Gasteiger partial charge in [-0.05, 0) is 17.4 Å². The first-order valence-corrected chi connectivity index (χ1v) is 3.59. The smallest absolute Gasteiger partial charge is 0.358 e. The fourth-order valence-electron chi connectivity index (χ4n) is 1.20. The normalized spacial score (nSPS) is 10.9. The van der Waals surface area contributed by atoms with E-state index in [1.165, 1.54) is 9.20 Å². The van der Waals surface area contributed by atoms with E-state index in [1.54, 1.807) is 14.0 Å². The highest BCUT2D eigenvalue weighted by Crippen LogP contribution is 2.09. The summed E-state index contributed by atoms with van der Waals surface area (Å²) in [6, 6.07) is 0. The SMILES string of the molecule is Cc1nc(C(=O)O)c2n(C)nnn12. The number of hydrogen-bond donors (Lipinski definition) is 1. The molecule has 0 aliphatic carbocycles. The van der Waals surface area contributed by atoms with Crippen molar-refractivity contribution in [3.05, 3.63) is 11.5 Å². The molecular weight excluding hydrogens is 174 g/mol. The lowest BCUT2D eigenvalue weighted by Gasteiger charge is -1.87. The minimum absolute atomic E-state index is 0.0231. The molecule has 2 heterocycles. The van der Waals surface area contributed by atoms with Crippen LogP contribution in [0.25, 0.3) is 5.65 Å². The van der Waals surface area contributed by atoms with Gasteiger partial charge in [-0.25, -0.2) is 14.5 Å². The van der Waals surface area contributed by atoms with Gasteiger partial charge in [0, 0.05) is 7.05 Å². The fraction of sp³-hybridized carbons (Fsp3) is 0.333. The Morgan fingerprint density at radius 3 is 2.77 bits per heavy atom. The molecule has 0 saturated carbocycles. The second-order valence-corrected chi connectivity index (χ2v) is 2.65. The molecule has 0 atom stereocenters.